The highest BCUT2D eigenvalue weighted by atomic mass is 16.7. The van der Waals surface area contributed by atoms with Crippen molar-refractivity contribution in [3.05, 3.63) is 71.8 Å². The topological polar surface area (TPSA) is 207 Å². The molecular weight excluding hydrogens is 614 g/mol. The van der Waals surface area contributed by atoms with Gasteiger partial charge in [0.1, 0.15) is 31.0 Å². The molecule has 4 amide bonds. The first-order valence-corrected chi connectivity index (χ1v) is 15.2. The van der Waals surface area contributed by atoms with Crippen molar-refractivity contribution in [2.45, 2.75) is 57.1 Å². The van der Waals surface area contributed by atoms with Crippen molar-refractivity contribution in [3.63, 3.8) is 0 Å². The van der Waals surface area contributed by atoms with E-state index < -0.39 is 61.5 Å². The lowest BCUT2D eigenvalue weighted by Gasteiger charge is -2.42. The molecule has 1 aliphatic heterocycles. The number of amides is 4. The number of primary amides is 1. The minimum Gasteiger partial charge on any atom is -0.394 e. The molecule has 47 heavy (non-hydrogen) atoms. The Morgan fingerprint density at radius 1 is 0.787 bits per heavy atom. The van der Waals surface area contributed by atoms with E-state index in [4.69, 9.17) is 15.3 Å². The SMILES string of the molecule is CC(=O)N(CC(=O)N(CCCON(C)[C@@H]1O[C@H](CO)[C@@H](O)[C@H](O)[C@H]1O)CC(=O)N(CC(N)=O)Cc1ccccc1)Cc1ccccc1. The molecule has 0 aromatic heterocycles. The van der Waals surface area contributed by atoms with Gasteiger partial charge in [-0.05, 0) is 17.5 Å². The standard InChI is InChI=1S/C32H45N5O10/c1-22(39)36(16-23-10-5-3-6-11-23)20-27(41)35(19-28(42)37(18-26(33)40)17-24-12-7-4-8-13-24)14-9-15-46-34(2)32-31(45)30(44)29(43)25(21-38)47-32/h3-8,10-13,25,29-32,38,43-45H,9,14-21H2,1-2H3,(H2,33,40)/t25-,29-,30+,31-,32-/m1/s1. The molecular formula is C32H45N5O10. The van der Waals surface area contributed by atoms with E-state index in [1.54, 1.807) is 24.3 Å². The Labute approximate surface area is 273 Å². The summed E-state index contributed by atoms with van der Waals surface area (Å²) < 4.78 is 5.48. The Balaban J connectivity index is 1.71. The van der Waals surface area contributed by atoms with Crippen molar-refractivity contribution >= 4 is 23.6 Å². The lowest BCUT2D eigenvalue weighted by molar-refractivity contribution is -0.327. The van der Waals surface area contributed by atoms with Crippen molar-refractivity contribution in [3.8, 4) is 0 Å². The van der Waals surface area contributed by atoms with Gasteiger partial charge in [-0.25, -0.2) is 0 Å². The number of carbonyl (C=O) groups excluding carboxylic acids is 4. The molecule has 258 valence electrons. The molecule has 0 aliphatic carbocycles. The van der Waals surface area contributed by atoms with Crippen LogP contribution in [0.5, 0.6) is 0 Å². The Morgan fingerprint density at radius 3 is 1.85 bits per heavy atom. The molecule has 2 aromatic carbocycles. The average molecular weight is 660 g/mol. The summed E-state index contributed by atoms with van der Waals surface area (Å²) in [6.45, 7) is -0.0724. The minimum atomic E-state index is -1.59. The van der Waals surface area contributed by atoms with E-state index in [-0.39, 0.29) is 51.7 Å². The third-order valence-corrected chi connectivity index (χ3v) is 7.67. The Hall–Kier alpha value is -3.96. The molecule has 0 saturated carbocycles. The number of hydrogen-bond donors (Lipinski definition) is 5. The van der Waals surface area contributed by atoms with E-state index in [9.17, 15) is 39.6 Å². The first-order valence-electron chi connectivity index (χ1n) is 15.2. The zero-order valence-electron chi connectivity index (χ0n) is 26.6. The van der Waals surface area contributed by atoms with Gasteiger partial charge in [-0.1, -0.05) is 60.7 Å². The molecule has 15 nitrogen and oxygen atoms in total. The average Bonchev–Trinajstić information content (AvgIpc) is 3.05. The number of ether oxygens (including phenoxy) is 1. The van der Waals surface area contributed by atoms with Gasteiger partial charge in [0.25, 0.3) is 0 Å². The molecule has 3 rings (SSSR count). The predicted octanol–water partition coefficient (Wildman–Crippen LogP) is -1.57. The van der Waals surface area contributed by atoms with Crippen LogP contribution < -0.4 is 5.73 Å². The third-order valence-electron chi connectivity index (χ3n) is 7.67. The number of hydrogen-bond acceptors (Lipinski definition) is 11. The van der Waals surface area contributed by atoms with Crippen LogP contribution in [0.25, 0.3) is 0 Å². The summed E-state index contributed by atoms with van der Waals surface area (Å²) in [5.41, 5.74) is 7.01. The lowest BCUT2D eigenvalue weighted by atomic mass is 9.98. The maximum atomic E-state index is 13.6. The van der Waals surface area contributed by atoms with Crippen molar-refractivity contribution in [2.24, 2.45) is 5.73 Å². The molecule has 1 heterocycles. The number of hydroxylamine groups is 2. The lowest BCUT2D eigenvalue weighted by Crippen LogP contribution is -2.62. The van der Waals surface area contributed by atoms with Gasteiger partial charge >= 0.3 is 0 Å². The monoisotopic (exact) mass is 659 g/mol. The fourth-order valence-electron chi connectivity index (χ4n) is 5.04. The molecule has 5 atom stereocenters. The molecule has 6 N–H and O–H groups in total. The van der Waals surface area contributed by atoms with Crippen molar-refractivity contribution in [1.82, 2.24) is 19.8 Å². The highest BCUT2D eigenvalue weighted by Gasteiger charge is 2.45. The first kappa shape index (κ1) is 37.5. The van der Waals surface area contributed by atoms with E-state index in [0.717, 1.165) is 16.2 Å². The summed E-state index contributed by atoms with van der Waals surface area (Å²) in [6.07, 6.45) is -6.81. The van der Waals surface area contributed by atoms with Gasteiger partial charge in [-0.15, -0.1) is 0 Å². The number of aliphatic hydroxyl groups excluding tert-OH is 4. The van der Waals surface area contributed by atoms with Crippen LogP contribution in [0.1, 0.15) is 24.5 Å². The number of aliphatic hydroxyl groups is 4. The molecule has 0 spiro atoms. The second-order valence-corrected chi connectivity index (χ2v) is 11.3. The van der Waals surface area contributed by atoms with Crippen LogP contribution in [-0.4, -0.2) is 141 Å². The van der Waals surface area contributed by atoms with E-state index in [1.807, 2.05) is 36.4 Å². The highest BCUT2D eigenvalue weighted by Crippen LogP contribution is 2.23. The van der Waals surface area contributed by atoms with Gasteiger partial charge in [-0.2, -0.15) is 5.06 Å². The Bertz CT molecular complexity index is 1300. The smallest absolute Gasteiger partial charge is 0.242 e. The quantitative estimate of drug-likeness (QED) is 0.0969. The second kappa shape index (κ2) is 18.4. The number of nitrogens with two attached hydrogens (primary N) is 1. The van der Waals surface area contributed by atoms with Gasteiger partial charge in [0.2, 0.25) is 23.6 Å². The summed E-state index contributed by atoms with van der Waals surface area (Å²) in [5, 5.41) is 41.1. The molecule has 15 heteroatoms. The minimum absolute atomic E-state index is 0.0138. The number of nitrogens with zero attached hydrogens (tertiary/aromatic N) is 4. The van der Waals surface area contributed by atoms with Crippen molar-refractivity contribution < 1.29 is 49.2 Å². The predicted molar refractivity (Wildman–Crippen MR) is 167 cm³/mol. The maximum absolute atomic E-state index is 13.6. The Kier molecular flexibility index (Phi) is 14.7. The van der Waals surface area contributed by atoms with Crippen LogP contribution in [0.2, 0.25) is 0 Å². The van der Waals surface area contributed by atoms with Crippen LogP contribution in [0.4, 0.5) is 0 Å². The van der Waals surface area contributed by atoms with Crippen molar-refractivity contribution in [1.29, 1.82) is 0 Å². The summed E-state index contributed by atoms with van der Waals surface area (Å²) in [7, 11) is 1.43. The summed E-state index contributed by atoms with van der Waals surface area (Å²) in [4.78, 5) is 61.0. The highest BCUT2D eigenvalue weighted by molar-refractivity contribution is 5.89. The third kappa shape index (κ3) is 11.4. The number of benzene rings is 2. The molecule has 0 radical (unpaired) electrons. The number of likely N-dealkylation sites (N-methyl/N-ethyl adjacent to an activating group) is 1. The summed E-state index contributed by atoms with van der Waals surface area (Å²) >= 11 is 0. The van der Waals surface area contributed by atoms with Gasteiger partial charge in [0, 0.05) is 33.6 Å². The van der Waals surface area contributed by atoms with Gasteiger partial charge in [-0.3, -0.25) is 24.0 Å². The molecule has 1 fully saturated rings. The summed E-state index contributed by atoms with van der Waals surface area (Å²) in [5.74, 6) is -2.09. The van der Waals surface area contributed by atoms with Crippen LogP contribution >= 0.6 is 0 Å². The zero-order chi connectivity index (χ0) is 34.5. The van der Waals surface area contributed by atoms with Crippen LogP contribution in [-0.2, 0) is 41.8 Å². The largest absolute Gasteiger partial charge is 0.394 e. The molecule has 0 bridgehead atoms. The van der Waals surface area contributed by atoms with Gasteiger partial charge in [0.15, 0.2) is 6.23 Å². The fraction of sp³-hybridized carbons (Fsp3) is 0.500. The van der Waals surface area contributed by atoms with Crippen LogP contribution in [0.15, 0.2) is 60.7 Å². The first-order chi connectivity index (χ1) is 22.4. The van der Waals surface area contributed by atoms with E-state index in [2.05, 4.69) is 0 Å². The fourth-order valence-corrected chi connectivity index (χ4v) is 5.04. The number of carbonyl (C=O) groups is 4. The molecule has 1 aliphatic rings. The van der Waals surface area contributed by atoms with Crippen LogP contribution in [0.3, 0.4) is 0 Å². The van der Waals surface area contributed by atoms with E-state index >= 15 is 0 Å². The van der Waals surface area contributed by atoms with Gasteiger partial charge < -0.3 is 45.6 Å². The molecule has 1 saturated heterocycles. The maximum Gasteiger partial charge on any atom is 0.242 e. The van der Waals surface area contributed by atoms with Gasteiger partial charge in [0.05, 0.1) is 26.3 Å². The number of rotatable bonds is 17. The van der Waals surface area contributed by atoms with E-state index in [1.165, 1.54) is 28.7 Å². The van der Waals surface area contributed by atoms with E-state index in [0.29, 0.717) is 0 Å². The second-order valence-electron chi connectivity index (χ2n) is 11.3. The van der Waals surface area contributed by atoms with Crippen LogP contribution in [0, 0.1) is 0 Å². The summed E-state index contributed by atoms with van der Waals surface area (Å²) in [6, 6.07) is 18.1. The molecule has 0 unspecified atom stereocenters. The molecule has 2 aromatic rings. The Morgan fingerprint density at radius 2 is 1.32 bits per heavy atom. The normalized spacial score (nSPS) is 20.9. The zero-order valence-corrected chi connectivity index (χ0v) is 26.6. The van der Waals surface area contributed by atoms with Crippen molar-refractivity contribution in [2.75, 3.05) is 46.4 Å².